The lowest BCUT2D eigenvalue weighted by molar-refractivity contribution is 0.241. The minimum Gasteiger partial charge on any atom is -0.334 e. The zero-order valence-corrected chi connectivity index (χ0v) is 15.4. The fraction of sp³-hybridized carbons (Fsp3) is 0.286. The van der Waals surface area contributed by atoms with Crippen molar-refractivity contribution < 1.29 is 4.79 Å². The molecule has 0 saturated carbocycles. The summed E-state index contributed by atoms with van der Waals surface area (Å²) in [5, 5.41) is 6.23. The largest absolute Gasteiger partial charge is 0.334 e. The summed E-state index contributed by atoms with van der Waals surface area (Å²) < 4.78 is 0. The number of amides is 2. The van der Waals surface area contributed by atoms with Crippen LogP contribution in [0, 0.1) is 11.8 Å². The fourth-order valence-corrected chi connectivity index (χ4v) is 3.02. The first-order valence-electron chi connectivity index (χ1n) is 8.72. The molecule has 0 radical (unpaired) electrons. The Morgan fingerprint density at radius 1 is 1.04 bits per heavy atom. The van der Waals surface area contributed by atoms with Crippen molar-refractivity contribution in [2.75, 3.05) is 19.6 Å². The van der Waals surface area contributed by atoms with Gasteiger partial charge in [-0.2, -0.15) is 0 Å². The smallest absolute Gasteiger partial charge is 0.315 e. The average Bonchev–Trinajstić information content (AvgIpc) is 2.67. The van der Waals surface area contributed by atoms with E-state index in [1.54, 1.807) is 12.1 Å². The first kappa shape index (κ1) is 18.3. The molecule has 0 saturated heterocycles. The lowest BCUT2D eigenvalue weighted by Crippen LogP contribution is -2.35. The Labute approximate surface area is 159 Å². The summed E-state index contributed by atoms with van der Waals surface area (Å²) in [5.41, 5.74) is 3.83. The van der Waals surface area contributed by atoms with E-state index in [0.717, 1.165) is 31.6 Å². The summed E-state index contributed by atoms with van der Waals surface area (Å²) in [6.07, 6.45) is 1.07. The van der Waals surface area contributed by atoms with E-state index in [-0.39, 0.29) is 6.03 Å². The van der Waals surface area contributed by atoms with E-state index < -0.39 is 0 Å². The summed E-state index contributed by atoms with van der Waals surface area (Å²) in [4.78, 5) is 14.1. The molecular formula is C21H22ClN3O. The molecule has 0 spiro atoms. The molecule has 0 aromatic heterocycles. The van der Waals surface area contributed by atoms with Crippen LogP contribution in [0.5, 0.6) is 0 Å². The van der Waals surface area contributed by atoms with Crippen molar-refractivity contribution in [1.82, 2.24) is 15.5 Å². The summed E-state index contributed by atoms with van der Waals surface area (Å²) >= 11 is 5.84. The molecule has 1 heterocycles. The Kier molecular flexibility index (Phi) is 6.54. The topological polar surface area (TPSA) is 44.4 Å². The molecule has 2 aromatic carbocycles. The summed E-state index contributed by atoms with van der Waals surface area (Å²) in [5.74, 6) is 6.15. The first-order chi connectivity index (χ1) is 12.7. The number of halogens is 1. The Bertz CT molecular complexity index is 808. The van der Waals surface area contributed by atoms with Crippen molar-refractivity contribution in [3.8, 4) is 11.8 Å². The Morgan fingerprint density at radius 3 is 2.62 bits per heavy atom. The maximum Gasteiger partial charge on any atom is 0.315 e. The van der Waals surface area contributed by atoms with Crippen molar-refractivity contribution in [1.29, 1.82) is 0 Å². The third kappa shape index (κ3) is 5.52. The molecule has 0 bridgehead atoms. The highest BCUT2D eigenvalue weighted by Gasteiger charge is 2.13. The average molecular weight is 368 g/mol. The van der Waals surface area contributed by atoms with Crippen LogP contribution >= 0.6 is 11.6 Å². The molecule has 2 N–H and O–H groups in total. The van der Waals surface area contributed by atoms with Crippen molar-refractivity contribution in [3.63, 3.8) is 0 Å². The van der Waals surface area contributed by atoms with Gasteiger partial charge in [-0.3, -0.25) is 4.90 Å². The summed E-state index contributed by atoms with van der Waals surface area (Å²) in [6, 6.07) is 15.7. The van der Waals surface area contributed by atoms with Crippen molar-refractivity contribution >= 4 is 17.6 Å². The van der Waals surface area contributed by atoms with E-state index in [4.69, 9.17) is 11.6 Å². The molecule has 5 heteroatoms. The normalized spacial score (nSPS) is 13.3. The van der Waals surface area contributed by atoms with Crippen molar-refractivity contribution in [2.24, 2.45) is 0 Å². The number of nitrogens with one attached hydrogen (secondary N) is 2. The van der Waals surface area contributed by atoms with Crippen LogP contribution in [-0.4, -0.2) is 30.6 Å². The van der Waals surface area contributed by atoms with E-state index in [2.05, 4.69) is 51.6 Å². The third-order valence-electron chi connectivity index (χ3n) is 4.34. The highest BCUT2D eigenvalue weighted by Crippen LogP contribution is 2.17. The van der Waals surface area contributed by atoms with Gasteiger partial charge in [-0.05, 0) is 35.2 Å². The zero-order chi connectivity index (χ0) is 18.2. The van der Waals surface area contributed by atoms with Gasteiger partial charge in [0.15, 0.2) is 0 Å². The molecule has 0 aliphatic carbocycles. The van der Waals surface area contributed by atoms with Crippen LogP contribution in [0.1, 0.15) is 16.7 Å². The molecule has 0 atom stereocenters. The molecule has 134 valence electrons. The van der Waals surface area contributed by atoms with Crippen LogP contribution in [-0.2, 0) is 19.5 Å². The molecule has 4 nitrogen and oxygen atoms in total. The van der Waals surface area contributed by atoms with Gasteiger partial charge in [0.1, 0.15) is 0 Å². The predicted octanol–water partition coefficient (Wildman–Crippen LogP) is 3.20. The molecule has 1 aliphatic heterocycles. The lowest BCUT2D eigenvalue weighted by Gasteiger charge is -2.26. The van der Waals surface area contributed by atoms with E-state index in [1.165, 1.54) is 11.1 Å². The van der Waals surface area contributed by atoms with Gasteiger partial charge in [0.2, 0.25) is 0 Å². The fourth-order valence-electron chi connectivity index (χ4n) is 2.89. The maximum absolute atomic E-state index is 11.8. The molecule has 2 amide bonds. The second-order valence-electron chi connectivity index (χ2n) is 6.25. The minimum atomic E-state index is -0.221. The number of rotatable bonds is 4. The number of urea groups is 1. The van der Waals surface area contributed by atoms with Crippen LogP contribution < -0.4 is 10.6 Å². The van der Waals surface area contributed by atoms with E-state index in [1.807, 2.05) is 12.1 Å². The number of nitrogens with zero attached hydrogens (tertiary/aromatic N) is 1. The van der Waals surface area contributed by atoms with Gasteiger partial charge in [-0.1, -0.05) is 59.8 Å². The lowest BCUT2D eigenvalue weighted by atomic mass is 10.0. The Balaban J connectivity index is 1.34. The van der Waals surface area contributed by atoms with Gasteiger partial charge < -0.3 is 10.6 Å². The highest BCUT2D eigenvalue weighted by atomic mass is 35.5. The third-order valence-corrected chi connectivity index (χ3v) is 4.59. The second kappa shape index (κ2) is 9.28. The highest BCUT2D eigenvalue weighted by molar-refractivity contribution is 6.30. The molecule has 26 heavy (non-hydrogen) atoms. The predicted molar refractivity (Wildman–Crippen MR) is 105 cm³/mol. The quantitative estimate of drug-likeness (QED) is 0.815. The van der Waals surface area contributed by atoms with Crippen molar-refractivity contribution in [3.05, 3.63) is 70.2 Å². The number of carbonyl (C=O) groups is 1. The Hall–Kier alpha value is -2.48. The van der Waals surface area contributed by atoms with E-state index in [9.17, 15) is 4.79 Å². The first-order valence-corrected chi connectivity index (χ1v) is 9.09. The second-order valence-corrected chi connectivity index (χ2v) is 6.68. The van der Waals surface area contributed by atoms with Crippen molar-refractivity contribution in [2.45, 2.75) is 19.5 Å². The minimum absolute atomic E-state index is 0.221. The number of benzene rings is 2. The van der Waals surface area contributed by atoms with E-state index in [0.29, 0.717) is 18.1 Å². The van der Waals surface area contributed by atoms with Gasteiger partial charge in [0.05, 0.1) is 13.1 Å². The number of hydrogen-bond acceptors (Lipinski definition) is 2. The zero-order valence-electron chi connectivity index (χ0n) is 14.6. The van der Waals surface area contributed by atoms with Gasteiger partial charge in [-0.15, -0.1) is 0 Å². The molecule has 3 rings (SSSR count). The van der Waals surface area contributed by atoms with Crippen LogP contribution in [0.2, 0.25) is 5.02 Å². The monoisotopic (exact) mass is 367 g/mol. The van der Waals surface area contributed by atoms with Gasteiger partial charge in [0, 0.05) is 24.7 Å². The number of hydrogen-bond donors (Lipinski definition) is 2. The van der Waals surface area contributed by atoms with Gasteiger partial charge in [0.25, 0.3) is 0 Å². The van der Waals surface area contributed by atoms with E-state index >= 15 is 0 Å². The van der Waals surface area contributed by atoms with Crippen LogP contribution in [0.3, 0.4) is 0 Å². The van der Waals surface area contributed by atoms with Crippen LogP contribution in [0.15, 0.2) is 48.5 Å². The maximum atomic E-state index is 11.8. The Morgan fingerprint density at radius 2 is 1.81 bits per heavy atom. The van der Waals surface area contributed by atoms with Gasteiger partial charge in [-0.25, -0.2) is 4.79 Å². The molecule has 0 unspecified atom stereocenters. The molecule has 1 aliphatic rings. The number of fused-ring (bicyclic) bond motifs is 1. The van der Waals surface area contributed by atoms with Gasteiger partial charge >= 0.3 is 6.03 Å². The summed E-state index contributed by atoms with van der Waals surface area (Å²) in [6.45, 7) is 3.50. The van der Waals surface area contributed by atoms with Crippen LogP contribution in [0.25, 0.3) is 0 Å². The number of carbonyl (C=O) groups excluding carboxylic acids is 1. The molecular weight excluding hydrogens is 346 g/mol. The standard InChI is InChI=1S/C21H22ClN3O/c22-20-9-7-17(8-10-20)15-24-21(26)23-12-3-4-13-25-14-11-18-5-1-2-6-19(18)16-25/h1-2,5-10H,11-16H2,(H2,23,24,26). The summed E-state index contributed by atoms with van der Waals surface area (Å²) in [7, 11) is 0. The SMILES string of the molecule is O=C(NCC#CCN1CCc2ccccc2C1)NCc1ccc(Cl)cc1. The molecule has 2 aromatic rings. The van der Waals surface area contributed by atoms with Crippen LogP contribution in [0.4, 0.5) is 4.79 Å². The molecule has 0 fully saturated rings.